The lowest BCUT2D eigenvalue weighted by Crippen LogP contribution is -2.19. The Bertz CT molecular complexity index is 510. The van der Waals surface area contributed by atoms with Crippen LogP contribution in [-0.2, 0) is 9.53 Å². The number of ketones is 1. The van der Waals surface area contributed by atoms with E-state index in [2.05, 4.69) is 15.9 Å². The molecule has 0 aliphatic carbocycles. The summed E-state index contributed by atoms with van der Waals surface area (Å²) in [5.41, 5.74) is 0.753. The van der Waals surface area contributed by atoms with Crippen molar-refractivity contribution in [1.82, 2.24) is 0 Å². The molecule has 0 aromatic heterocycles. The Morgan fingerprint density at radius 1 is 1.21 bits per heavy atom. The summed E-state index contributed by atoms with van der Waals surface area (Å²) in [4.78, 5) is 23.7. The molecule has 0 bridgehead atoms. The lowest BCUT2D eigenvalue weighted by Gasteiger charge is -2.15. The number of rotatable bonds is 5. The Morgan fingerprint density at radius 3 is 2.26 bits per heavy atom. The standard InChI is InChI=1S/C13H15BrO5/c1-5-19-13(16)10(15)9-7(2)6-8(14)11(17-3)12(9)18-4/h6H,5H2,1-4H3. The summed E-state index contributed by atoms with van der Waals surface area (Å²) in [5, 5.41) is 0. The molecule has 0 amide bonds. The van der Waals surface area contributed by atoms with Gasteiger partial charge in [0.15, 0.2) is 11.5 Å². The average Bonchev–Trinajstić information content (AvgIpc) is 2.37. The minimum Gasteiger partial charge on any atom is -0.492 e. The summed E-state index contributed by atoms with van der Waals surface area (Å²) in [6.07, 6.45) is 0. The Kier molecular flexibility index (Phi) is 5.35. The summed E-state index contributed by atoms with van der Waals surface area (Å²) >= 11 is 3.32. The third kappa shape index (κ3) is 3.07. The van der Waals surface area contributed by atoms with Gasteiger partial charge in [0.1, 0.15) is 0 Å². The van der Waals surface area contributed by atoms with E-state index in [1.165, 1.54) is 14.2 Å². The molecular formula is C13H15BrO5. The average molecular weight is 331 g/mol. The maximum Gasteiger partial charge on any atom is 0.379 e. The Labute approximate surface area is 120 Å². The number of esters is 1. The molecule has 0 saturated carbocycles. The van der Waals surface area contributed by atoms with Gasteiger partial charge in [-0.15, -0.1) is 0 Å². The minimum absolute atomic E-state index is 0.138. The van der Waals surface area contributed by atoms with E-state index >= 15 is 0 Å². The van der Waals surface area contributed by atoms with Crippen LogP contribution >= 0.6 is 15.9 Å². The maximum absolute atomic E-state index is 12.1. The normalized spacial score (nSPS) is 9.95. The van der Waals surface area contributed by atoms with Crippen LogP contribution in [0, 0.1) is 6.92 Å². The first-order valence-corrected chi connectivity index (χ1v) is 6.39. The quantitative estimate of drug-likeness (QED) is 0.471. The summed E-state index contributed by atoms with van der Waals surface area (Å²) in [7, 11) is 2.86. The van der Waals surface area contributed by atoms with Gasteiger partial charge >= 0.3 is 5.97 Å². The lowest BCUT2D eigenvalue weighted by atomic mass is 10.0. The maximum atomic E-state index is 12.1. The molecule has 0 spiro atoms. The first kappa shape index (κ1) is 15.5. The van der Waals surface area contributed by atoms with Crippen molar-refractivity contribution in [3.63, 3.8) is 0 Å². The minimum atomic E-state index is -0.909. The largest absolute Gasteiger partial charge is 0.492 e. The Hall–Kier alpha value is -1.56. The number of ether oxygens (including phenoxy) is 3. The monoisotopic (exact) mass is 330 g/mol. The van der Waals surface area contributed by atoms with Gasteiger partial charge in [-0.1, -0.05) is 0 Å². The first-order valence-electron chi connectivity index (χ1n) is 5.60. The third-order valence-corrected chi connectivity index (χ3v) is 3.07. The zero-order valence-electron chi connectivity index (χ0n) is 11.2. The number of methoxy groups -OCH3 is 2. The van der Waals surface area contributed by atoms with Gasteiger partial charge in [0.05, 0.1) is 30.9 Å². The molecule has 0 fully saturated rings. The van der Waals surface area contributed by atoms with Crippen molar-refractivity contribution in [3.8, 4) is 11.5 Å². The van der Waals surface area contributed by atoms with E-state index < -0.39 is 11.8 Å². The summed E-state index contributed by atoms with van der Waals surface area (Å²) in [6, 6.07) is 1.69. The van der Waals surface area contributed by atoms with Crippen LogP contribution in [0.15, 0.2) is 10.5 Å². The number of hydrogen-bond donors (Lipinski definition) is 0. The van der Waals surface area contributed by atoms with Crippen LogP contribution in [0.1, 0.15) is 22.8 Å². The fourth-order valence-corrected chi connectivity index (χ4v) is 2.38. The van der Waals surface area contributed by atoms with Gasteiger partial charge in [0.2, 0.25) is 0 Å². The summed E-state index contributed by atoms with van der Waals surface area (Å²) in [6.45, 7) is 3.48. The van der Waals surface area contributed by atoms with Crippen molar-refractivity contribution >= 4 is 27.7 Å². The molecule has 0 radical (unpaired) electrons. The van der Waals surface area contributed by atoms with Crippen LogP contribution in [0.25, 0.3) is 0 Å². The number of carbonyl (C=O) groups excluding carboxylic acids is 2. The molecule has 6 heteroatoms. The van der Waals surface area contributed by atoms with Crippen molar-refractivity contribution in [1.29, 1.82) is 0 Å². The first-order chi connectivity index (χ1) is 8.97. The van der Waals surface area contributed by atoms with Crippen molar-refractivity contribution in [2.45, 2.75) is 13.8 Å². The molecule has 0 aliphatic heterocycles. The number of aryl methyl sites for hydroxylation is 1. The topological polar surface area (TPSA) is 61.8 Å². The zero-order valence-corrected chi connectivity index (χ0v) is 12.8. The van der Waals surface area contributed by atoms with Crippen LogP contribution in [0.4, 0.5) is 0 Å². The highest BCUT2D eigenvalue weighted by atomic mass is 79.9. The van der Waals surface area contributed by atoms with Crippen molar-refractivity contribution < 1.29 is 23.8 Å². The molecule has 0 aliphatic rings. The van der Waals surface area contributed by atoms with E-state index in [9.17, 15) is 9.59 Å². The van der Waals surface area contributed by atoms with Crippen LogP contribution in [0.3, 0.4) is 0 Å². The molecule has 0 unspecified atom stereocenters. The van der Waals surface area contributed by atoms with E-state index in [1.54, 1.807) is 19.9 Å². The molecule has 0 N–H and O–H groups in total. The highest BCUT2D eigenvalue weighted by molar-refractivity contribution is 9.10. The summed E-state index contributed by atoms with van der Waals surface area (Å²) in [5.74, 6) is -1.08. The second kappa shape index (κ2) is 6.56. The van der Waals surface area contributed by atoms with E-state index in [0.29, 0.717) is 15.8 Å². The van der Waals surface area contributed by atoms with Crippen LogP contribution in [-0.4, -0.2) is 32.6 Å². The predicted molar refractivity (Wildman–Crippen MR) is 72.9 cm³/mol. The lowest BCUT2D eigenvalue weighted by molar-refractivity contribution is -0.137. The fraction of sp³-hybridized carbons (Fsp3) is 0.385. The van der Waals surface area contributed by atoms with Crippen molar-refractivity contribution in [3.05, 3.63) is 21.7 Å². The highest BCUT2D eigenvalue weighted by Crippen LogP contribution is 2.40. The molecule has 0 atom stereocenters. The van der Waals surface area contributed by atoms with Crippen molar-refractivity contribution in [2.75, 3.05) is 20.8 Å². The number of Topliss-reactive ketones (excluding diaryl/α,β-unsaturated/α-hetero) is 1. The molecule has 104 valence electrons. The number of halogens is 1. The molecule has 1 rings (SSSR count). The van der Waals surface area contributed by atoms with Crippen molar-refractivity contribution in [2.24, 2.45) is 0 Å². The van der Waals surface area contributed by atoms with Gasteiger partial charge in [-0.2, -0.15) is 0 Å². The molecule has 19 heavy (non-hydrogen) atoms. The molecule has 5 nitrogen and oxygen atoms in total. The molecule has 1 aromatic carbocycles. The van der Waals surface area contributed by atoms with E-state index in [4.69, 9.17) is 14.2 Å². The third-order valence-electron chi connectivity index (χ3n) is 2.48. The van der Waals surface area contributed by atoms with E-state index in [0.717, 1.165) is 0 Å². The number of hydrogen-bond acceptors (Lipinski definition) is 5. The van der Waals surface area contributed by atoms with Gasteiger partial charge in [-0.05, 0) is 41.4 Å². The second-order valence-corrected chi connectivity index (χ2v) is 4.52. The van der Waals surface area contributed by atoms with Gasteiger partial charge in [-0.25, -0.2) is 4.79 Å². The molecule has 0 saturated heterocycles. The Balaban J connectivity index is 3.41. The number of carbonyl (C=O) groups is 2. The summed E-state index contributed by atoms with van der Waals surface area (Å²) < 4.78 is 15.7. The smallest absolute Gasteiger partial charge is 0.379 e. The fourth-order valence-electron chi connectivity index (χ4n) is 1.69. The second-order valence-electron chi connectivity index (χ2n) is 3.67. The zero-order chi connectivity index (χ0) is 14.6. The van der Waals surface area contributed by atoms with Gasteiger partial charge in [0, 0.05) is 0 Å². The number of benzene rings is 1. The van der Waals surface area contributed by atoms with E-state index in [-0.39, 0.29) is 17.9 Å². The van der Waals surface area contributed by atoms with Crippen LogP contribution < -0.4 is 9.47 Å². The van der Waals surface area contributed by atoms with E-state index in [1.807, 2.05) is 0 Å². The predicted octanol–water partition coefficient (Wildman–Crippen LogP) is 2.52. The van der Waals surface area contributed by atoms with Gasteiger partial charge < -0.3 is 14.2 Å². The SMILES string of the molecule is CCOC(=O)C(=O)c1c(C)cc(Br)c(OC)c1OC. The van der Waals surface area contributed by atoms with Gasteiger partial charge in [-0.3, -0.25) is 4.79 Å². The highest BCUT2D eigenvalue weighted by Gasteiger charge is 2.27. The van der Waals surface area contributed by atoms with Crippen LogP contribution in [0.5, 0.6) is 11.5 Å². The molecule has 0 heterocycles. The van der Waals surface area contributed by atoms with Crippen LogP contribution in [0.2, 0.25) is 0 Å². The van der Waals surface area contributed by atoms with Gasteiger partial charge in [0.25, 0.3) is 5.78 Å². The molecule has 1 aromatic rings. The Morgan fingerprint density at radius 2 is 1.79 bits per heavy atom. The molecular weight excluding hydrogens is 316 g/mol.